The normalized spacial score (nSPS) is 13.3. The zero-order valence-corrected chi connectivity index (χ0v) is 14.5. The highest BCUT2D eigenvalue weighted by Crippen LogP contribution is 2.00. The van der Waals surface area contributed by atoms with Crippen molar-refractivity contribution >= 4 is 35.9 Å². The highest BCUT2D eigenvalue weighted by Gasteiger charge is 2.15. The predicted octanol–water partition coefficient (Wildman–Crippen LogP) is 1.77. The molecule has 2 N–H and O–H groups in total. The third-order valence-electron chi connectivity index (χ3n) is 1.96. The number of hydrogen-bond acceptors (Lipinski definition) is 3. The van der Waals surface area contributed by atoms with E-state index in [0.29, 0.717) is 6.54 Å². The Labute approximate surface area is 127 Å². The number of nitrogens with one attached hydrogen (secondary N) is 2. The monoisotopic (exact) mass is 371 g/mol. The molecule has 0 heterocycles. The molecule has 0 aliphatic rings. The number of esters is 1. The molecule has 0 amide bonds. The van der Waals surface area contributed by atoms with Crippen LogP contribution in [0.1, 0.15) is 34.6 Å². The van der Waals surface area contributed by atoms with Crippen LogP contribution < -0.4 is 10.6 Å². The third-order valence-corrected chi connectivity index (χ3v) is 1.96. The molecule has 108 valence electrons. The fraction of sp³-hybridized carbons (Fsp3) is 0.833. The van der Waals surface area contributed by atoms with Crippen LogP contribution in [0.2, 0.25) is 0 Å². The van der Waals surface area contributed by atoms with Crippen molar-refractivity contribution in [2.45, 2.75) is 40.2 Å². The second-order valence-electron chi connectivity index (χ2n) is 5.02. The lowest BCUT2D eigenvalue weighted by Gasteiger charge is -2.24. The van der Waals surface area contributed by atoms with Gasteiger partial charge in [0, 0.05) is 12.1 Å². The maximum absolute atomic E-state index is 11.2. The minimum atomic E-state index is -0.236. The zero-order valence-electron chi connectivity index (χ0n) is 12.2. The molecule has 5 nitrogen and oxygen atoms in total. The molecule has 1 atom stereocenters. The van der Waals surface area contributed by atoms with Crippen molar-refractivity contribution in [3.05, 3.63) is 0 Å². The molecular formula is C12H26IN3O2. The maximum atomic E-state index is 11.2. The minimum absolute atomic E-state index is 0. The molecule has 0 aromatic rings. The topological polar surface area (TPSA) is 62.7 Å². The summed E-state index contributed by atoms with van der Waals surface area (Å²) in [4.78, 5) is 15.6. The molecule has 0 spiro atoms. The number of carbonyl (C=O) groups is 1. The fourth-order valence-corrected chi connectivity index (χ4v) is 1.17. The van der Waals surface area contributed by atoms with Crippen LogP contribution in [0.5, 0.6) is 0 Å². The second kappa shape index (κ2) is 9.41. The summed E-state index contributed by atoms with van der Waals surface area (Å²) in [6.45, 7) is 11.2. The summed E-state index contributed by atoms with van der Waals surface area (Å²) in [6.07, 6.45) is 0. The Kier molecular flexibility index (Phi) is 10.3. The Morgan fingerprint density at radius 3 is 2.33 bits per heavy atom. The van der Waals surface area contributed by atoms with Crippen LogP contribution in [-0.2, 0) is 9.53 Å². The van der Waals surface area contributed by atoms with Crippen molar-refractivity contribution in [2.24, 2.45) is 10.9 Å². The third kappa shape index (κ3) is 9.49. The van der Waals surface area contributed by atoms with Crippen LogP contribution in [0.15, 0.2) is 4.99 Å². The van der Waals surface area contributed by atoms with E-state index in [9.17, 15) is 4.79 Å². The van der Waals surface area contributed by atoms with Gasteiger partial charge in [0.15, 0.2) is 5.96 Å². The first-order valence-electron chi connectivity index (χ1n) is 5.94. The van der Waals surface area contributed by atoms with E-state index in [2.05, 4.69) is 41.1 Å². The number of nitrogens with zero attached hydrogens (tertiary/aromatic N) is 1. The lowest BCUT2D eigenvalue weighted by Crippen LogP contribution is -2.47. The highest BCUT2D eigenvalue weighted by atomic mass is 127. The van der Waals surface area contributed by atoms with Crippen LogP contribution in [0.4, 0.5) is 0 Å². The number of rotatable bonds is 4. The number of aliphatic imine (C=N–C) groups is 1. The van der Waals surface area contributed by atoms with Gasteiger partial charge in [-0.1, -0.05) is 6.92 Å². The van der Waals surface area contributed by atoms with Crippen molar-refractivity contribution in [3.63, 3.8) is 0 Å². The minimum Gasteiger partial charge on any atom is -0.469 e. The first-order chi connectivity index (χ1) is 7.80. The summed E-state index contributed by atoms with van der Waals surface area (Å²) in [5, 5.41) is 6.39. The zero-order chi connectivity index (χ0) is 13.5. The second-order valence-corrected chi connectivity index (χ2v) is 5.02. The van der Waals surface area contributed by atoms with Crippen molar-refractivity contribution in [1.29, 1.82) is 0 Å². The van der Waals surface area contributed by atoms with E-state index in [1.165, 1.54) is 7.11 Å². The molecule has 0 aromatic carbocycles. The quantitative estimate of drug-likeness (QED) is 0.342. The van der Waals surface area contributed by atoms with Gasteiger partial charge in [-0.25, -0.2) is 0 Å². The van der Waals surface area contributed by atoms with Crippen LogP contribution in [0.25, 0.3) is 0 Å². The van der Waals surface area contributed by atoms with E-state index in [0.717, 1.165) is 12.5 Å². The van der Waals surface area contributed by atoms with Gasteiger partial charge in [-0.2, -0.15) is 0 Å². The van der Waals surface area contributed by atoms with Crippen molar-refractivity contribution in [3.8, 4) is 0 Å². The molecule has 0 aliphatic heterocycles. The molecule has 0 aromatic heterocycles. The van der Waals surface area contributed by atoms with E-state index in [4.69, 9.17) is 0 Å². The molecule has 0 fully saturated rings. The smallest absolute Gasteiger partial charge is 0.310 e. The molecule has 18 heavy (non-hydrogen) atoms. The largest absolute Gasteiger partial charge is 0.469 e. The van der Waals surface area contributed by atoms with Gasteiger partial charge in [0.05, 0.1) is 19.6 Å². The number of ether oxygens (including phenoxy) is 1. The van der Waals surface area contributed by atoms with Crippen LogP contribution >= 0.6 is 24.0 Å². The summed E-state index contributed by atoms with van der Waals surface area (Å²) < 4.78 is 4.66. The first kappa shape index (κ1) is 19.8. The predicted molar refractivity (Wildman–Crippen MR) is 85.5 cm³/mol. The summed E-state index contributed by atoms with van der Waals surface area (Å²) in [7, 11) is 1.39. The Bertz CT molecular complexity index is 275. The van der Waals surface area contributed by atoms with Gasteiger partial charge in [0.1, 0.15) is 0 Å². The highest BCUT2D eigenvalue weighted by molar-refractivity contribution is 14.0. The van der Waals surface area contributed by atoms with Crippen LogP contribution in [-0.4, -0.2) is 37.7 Å². The van der Waals surface area contributed by atoms with Gasteiger partial charge in [0.25, 0.3) is 0 Å². The summed E-state index contributed by atoms with van der Waals surface area (Å²) >= 11 is 0. The van der Waals surface area contributed by atoms with E-state index < -0.39 is 0 Å². The molecule has 0 rings (SSSR count). The number of carbonyl (C=O) groups excluding carboxylic acids is 1. The Hall–Kier alpha value is -0.530. The average Bonchev–Trinajstić information content (AvgIpc) is 2.22. The first-order valence-corrected chi connectivity index (χ1v) is 5.94. The molecular weight excluding hydrogens is 345 g/mol. The Morgan fingerprint density at radius 1 is 1.39 bits per heavy atom. The van der Waals surface area contributed by atoms with Gasteiger partial charge >= 0.3 is 5.97 Å². The van der Waals surface area contributed by atoms with E-state index in [1.54, 1.807) is 6.92 Å². The van der Waals surface area contributed by atoms with Crippen molar-refractivity contribution in [2.75, 3.05) is 20.2 Å². The van der Waals surface area contributed by atoms with Gasteiger partial charge in [-0.3, -0.25) is 9.79 Å². The van der Waals surface area contributed by atoms with E-state index >= 15 is 0 Å². The maximum Gasteiger partial charge on any atom is 0.310 e. The van der Waals surface area contributed by atoms with Gasteiger partial charge < -0.3 is 15.4 Å². The number of halogens is 1. The average molecular weight is 371 g/mol. The van der Waals surface area contributed by atoms with Crippen molar-refractivity contribution in [1.82, 2.24) is 10.6 Å². The molecule has 1 unspecified atom stereocenters. The van der Waals surface area contributed by atoms with Crippen LogP contribution in [0.3, 0.4) is 0 Å². The molecule has 6 heteroatoms. The number of hydrogen-bond donors (Lipinski definition) is 2. The van der Waals surface area contributed by atoms with Gasteiger partial charge in [-0.15, -0.1) is 24.0 Å². The summed E-state index contributed by atoms with van der Waals surface area (Å²) in [5.41, 5.74) is -0.0600. The molecule has 0 aliphatic carbocycles. The molecule has 0 saturated carbocycles. The lowest BCUT2D eigenvalue weighted by molar-refractivity contribution is -0.144. The SMILES string of the molecule is CCNC(=NCC(C)C(=O)OC)NC(C)(C)C.I. The molecule has 0 bridgehead atoms. The fourth-order valence-electron chi connectivity index (χ4n) is 1.17. The molecule has 0 radical (unpaired) electrons. The van der Waals surface area contributed by atoms with Crippen molar-refractivity contribution < 1.29 is 9.53 Å². The van der Waals surface area contributed by atoms with E-state index in [-0.39, 0.29) is 41.4 Å². The Balaban J connectivity index is 0. The standard InChI is InChI=1S/C12H25N3O2.HI/c1-7-13-11(15-12(3,4)5)14-8-9(2)10(16)17-6;/h9H,7-8H2,1-6H3,(H2,13,14,15);1H. The van der Waals surface area contributed by atoms with E-state index in [1.807, 2.05) is 6.92 Å². The Morgan fingerprint density at radius 2 is 1.94 bits per heavy atom. The number of methoxy groups -OCH3 is 1. The van der Waals surface area contributed by atoms with Gasteiger partial charge in [0.2, 0.25) is 0 Å². The summed E-state index contributed by atoms with van der Waals surface area (Å²) in [6, 6.07) is 0. The number of guanidine groups is 1. The van der Waals surface area contributed by atoms with Crippen LogP contribution in [0, 0.1) is 5.92 Å². The lowest BCUT2D eigenvalue weighted by atomic mass is 10.1. The molecule has 0 saturated heterocycles. The van der Waals surface area contributed by atoms with Gasteiger partial charge in [-0.05, 0) is 27.7 Å². The summed E-state index contributed by atoms with van der Waals surface area (Å²) in [5.74, 6) is 0.256.